The monoisotopic (exact) mass is 548 g/mol. The molecule has 0 spiro atoms. The number of nitrogens with one attached hydrogen (secondary N) is 1. The predicted octanol–water partition coefficient (Wildman–Crippen LogP) is 7.86. The second kappa shape index (κ2) is 10.6. The number of Topliss-reactive ketones (excluding diaryl/α,β-unsaturated/α-hetero) is 1. The number of imidazole rings is 1. The van der Waals surface area contributed by atoms with Crippen LogP contribution in [-0.2, 0) is 0 Å². The second-order valence-corrected chi connectivity index (χ2v) is 11.1. The molecule has 0 unspecified atom stereocenters. The molecule has 2 aromatic carbocycles. The Labute approximate surface area is 230 Å². The van der Waals surface area contributed by atoms with Crippen molar-refractivity contribution in [1.82, 2.24) is 14.6 Å². The number of nitrogens with zero attached hydrogens (tertiary/aromatic N) is 3. The zero-order valence-electron chi connectivity index (χ0n) is 22.3. The van der Waals surface area contributed by atoms with Gasteiger partial charge in [-0.15, -0.1) is 5.10 Å². The van der Waals surface area contributed by atoms with Crippen LogP contribution < -0.4 is 10.1 Å². The van der Waals surface area contributed by atoms with Gasteiger partial charge in [-0.2, -0.15) is 0 Å². The number of ketones is 1. The first-order chi connectivity index (χ1) is 19.2. The van der Waals surface area contributed by atoms with Gasteiger partial charge in [0, 0.05) is 49.1 Å². The number of hydrogen-bond donors (Lipinski definition) is 1. The Hall–Kier alpha value is -3.88. The average molecular weight is 549 g/mol. The van der Waals surface area contributed by atoms with Crippen molar-refractivity contribution in [3.63, 3.8) is 0 Å². The van der Waals surface area contributed by atoms with E-state index in [-0.39, 0.29) is 30.4 Å². The molecule has 208 valence electrons. The Morgan fingerprint density at radius 1 is 1.07 bits per heavy atom. The predicted molar refractivity (Wildman–Crippen MR) is 147 cm³/mol. The fourth-order valence-electron chi connectivity index (χ4n) is 5.36. The van der Waals surface area contributed by atoms with Crippen LogP contribution in [0.25, 0.3) is 16.9 Å². The van der Waals surface area contributed by atoms with E-state index < -0.39 is 11.7 Å². The van der Waals surface area contributed by atoms with Crippen molar-refractivity contribution in [2.24, 2.45) is 11.8 Å². The third kappa shape index (κ3) is 5.83. The molecule has 0 saturated heterocycles. The van der Waals surface area contributed by atoms with Gasteiger partial charge in [-0.3, -0.25) is 4.79 Å². The lowest BCUT2D eigenvalue weighted by molar-refractivity contribution is -0.0443. The first-order valence-corrected chi connectivity index (χ1v) is 13.8. The van der Waals surface area contributed by atoms with E-state index in [1.54, 1.807) is 28.9 Å². The number of benzene rings is 2. The van der Waals surface area contributed by atoms with Gasteiger partial charge < -0.3 is 10.1 Å². The molecular formula is C31H31F3N4O2. The lowest BCUT2D eigenvalue weighted by Gasteiger charge is -2.28. The van der Waals surface area contributed by atoms with Crippen molar-refractivity contribution in [2.45, 2.75) is 57.8 Å². The molecule has 2 aromatic heterocycles. The summed E-state index contributed by atoms with van der Waals surface area (Å²) in [6, 6.07) is 13.2. The van der Waals surface area contributed by atoms with Gasteiger partial charge in [-0.25, -0.2) is 22.7 Å². The standard InChI is InChI=1S/C31H31F3N4O2/c1-19-13-22(7-8-25(19)28(39)14-20-5-6-20)27-18-36-30-26(35-17-21-9-11-31(33,34)12-10-21)16-29(37-38(27)30)40-24-4-2-3-23(32)15-24/h2-4,7-8,13,15-16,18,20-21,35H,5-6,9-12,14,17H2,1H3. The lowest BCUT2D eigenvalue weighted by atomic mass is 9.87. The van der Waals surface area contributed by atoms with Crippen molar-refractivity contribution in [3.05, 3.63) is 71.7 Å². The molecule has 1 N–H and O–H groups in total. The minimum Gasteiger partial charge on any atom is -0.437 e. The average Bonchev–Trinajstić information content (AvgIpc) is 3.63. The molecule has 0 atom stereocenters. The van der Waals surface area contributed by atoms with Gasteiger partial charge in [0.1, 0.15) is 11.6 Å². The van der Waals surface area contributed by atoms with Crippen LogP contribution in [0.3, 0.4) is 0 Å². The highest BCUT2D eigenvalue weighted by atomic mass is 19.3. The molecular weight excluding hydrogens is 517 g/mol. The highest BCUT2D eigenvalue weighted by Crippen LogP contribution is 2.37. The molecule has 40 heavy (non-hydrogen) atoms. The highest BCUT2D eigenvalue weighted by Gasteiger charge is 2.34. The highest BCUT2D eigenvalue weighted by molar-refractivity contribution is 5.98. The van der Waals surface area contributed by atoms with E-state index >= 15 is 0 Å². The summed E-state index contributed by atoms with van der Waals surface area (Å²) < 4.78 is 48.7. The maximum atomic E-state index is 13.8. The van der Waals surface area contributed by atoms with Crippen LogP contribution in [-0.4, -0.2) is 32.8 Å². The van der Waals surface area contributed by atoms with E-state index in [2.05, 4.69) is 15.4 Å². The van der Waals surface area contributed by atoms with E-state index in [0.717, 1.165) is 29.5 Å². The van der Waals surface area contributed by atoms with Crippen LogP contribution in [0.1, 0.15) is 60.9 Å². The van der Waals surface area contributed by atoms with Crippen LogP contribution in [0.15, 0.2) is 54.7 Å². The van der Waals surface area contributed by atoms with Gasteiger partial charge in [0.2, 0.25) is 11.8 Å². The van der Waals surface area contributed by atoms with Gasteiger partial charge in [-0.05, 0) is 68.2 Å². The van der Waals surface area contributed by atoms with E-state index in [1.165, 1.54) is 12.1 Å². The number of carbonyl (C=O) groups is 1. The maximum Gasteiger partial charge on any atom is 0.248 e. The van der Waals surface area contributed by atoms with Gasteiger partial charge in [0.25, 0.3) is 0 Å². The molecule has 0 amide bonds. The quantitative estimate of drug-likeness (QED) is 0.216. The van der Waals surface area contributed by atoms with E-state index in [4.69, 9.17) is 4.74 Å². The van der Waals surface area contributed by atoms with E-state index in [1.807, 2.05) is 25.1 Å². The SMILES string of the molecule is Cc1cc(-c2cnc3c(NCC4CCC(F)(F)CC4)cc(Oc4cccc(F)c4)nn23)ccc1C(=O)CC1CC1. The molecule has 2 aliphatic rings. The summed E-state index contributed by atoms with van der Waals surface area (Å²) in [7, 11) is 0. The van der Waals surface area contributed by atoms with Crippen molar-refractivity contribution in [1.29, 1.82) is 0 Å². The molecule has 0 bridgehead atoms. The number of rotatable bonds is 9. The summed E-state index contributed by atoms with van der Waals surface area (Å²) in [5.74, 6) is -1.70. The number of aryl methyl sites for hydroxylation is 1. The van der Waals surface area contributed by atoms with Crippen LogP contribution in [0.5, 0.6) is 11.6 Å². The zero-order valence-corrected chi connectivity index (χ0v) is 22.3. The number of ether oxygens (including phenoxy) is 1. The maximum absolute atomic E-state index is 13.8. The van der Waals surface area contributed by atoms with Gasteiger partial charge in [0.15, 0.2) is 11.4 Å². The van der Waals surface area contributed by atoms with Crippen LogP contribution in [0, 0.1) is 24.6 Å². The van der Waals surface area contributed by atoms with Gasteiger partial charge in [0.05, 0.1) is 17.6 Å². The fraction of sp³-hybridized carbons (Fsp3) is 0.387. The Morgan fingerprint density at radius 2 is 1.88 bits per heavy atom. The van der Waals surface area contributed by atoms with Crippen molar-refractivity contribution in [3.8, 4) is 22.9 Å². The fourth-order valence-corrected chi connectivity index (χ4v) is 5.36. The Bertz CT molecular complexity index is 1550. The minimum atomic E-state index is -2.58. The topological polar surface area (TPSA) is 68.5 Å². The third-order valence-corrected chi connectivity index (χ3v) is 7.88. The van der Waals surface area contributed by atoms with Crippen LogP contribution in [0.2, 0.25) is 0 Å². The molecule has 6 nitrogen and oxygen atoms in total. The van der Waals surface area contributed by atoms with E-state index in [0.29, 0.717) is 54.5 Å². The molecule has 6 rings (SSSR count). The number of hydrogen-bond acceptors (Lipinski definition) is 5. The van der Waals surface area contributed by atoms with Gasteiger partial charge >= 0.3 is 0 Å². The molecule has 4 aromatic rings. The molecule has 2 fully saturated rings. The van der Waals surface area contributed by atoms with Crippen molar-refractivity contribution in [2.75, 3.05) is 11.9 Å². The minimum absolute atomic E-state index is 0.106. The summed E-state index contributed by atoms with van der Waals surface area (Å²) in [6.07, 6.45) is 5.22. The Kier molecular flexibility index (Phi) is 6.98. The summed E-state index contributed by atoms with van der Waals surface area (Å²) in [4.78, 5) is 17.3. The number of halogens is 3. The summed E-state index contributed by atoms with van der Waals surface area (Å²) >= 11 is 0. The van der Waals surface area contributed by atoms with E-state index in [9.17, 15) is 18.0 Å². The Balaban J connectivity index is 1.32. The Morgan fingerprint density at radius 3 is 2.60 bits per heavy atom. The second-order valence-electron chi connectivity index (χ2n) is 11.1. The molecule has 2 aliphatic carbocycles. The van der Waals surface area contributed by atoms with Crippen LogP contribution >= 0.6 is 0 Å². The summed E-state index contributed by atoms with van der Waals surface area (Å²) in [5.41, 5.74) is 4.34. The smallest absolute Gasteiger partial charge is 0.248 e. The van der Waals surface area contributed by atoms with Crippen LogP contribution in [0.4, 0.5) is 18.9 Å². The molecule has 0 radical (unpaired) electrons. The lowest BCUT2D eigenvalue weighted by Crippen LogP contribution is -2.28. The number of alkyl halides is 2. The number of carbonyl (C=O) groups excluding carboxylic acids is 1. The summed E-state index contributed by atoms with van der Waals surface area (Å²) in [6.45, 7) is 2.44. The molecule has 0 aliphatic heterocycles. The largest absolute Gasteiger partial charge is 0.437 e. The summed E-state index contributed by atoms with van der Waals surface area (Å²) in [5, 5.41) is 8.03. The number of aromatic nitrogens is 3. The normalized spacial score (nSPS) is 17.2. The molecule has 2 heterocycles. The first kappa shape index (κ1) is 26.3. The number of fused-ring (bicyclic) bond motifs is 1. The third-order valence-electron chi connectivity index (χ3n) is 7.88. The molecule has 9 heteroatoms. The molecule has 2 saturated carbocycles. The van der Waals surface area contributed by atoms with Crippen molar-refractivity contribution >= 4 is 17.1 Å². The van der Waals surface area contributed by atoms with Crippen molar-refractivity contribution < 1.29 is 22.7 Å². The zero-order chi connectivity index (χ0) is 27.9. The number of anilines is 1. The first-order valence-electron chi connectivity index (χ1n) is 13.8. The van der Waals surface area contributed by atoms with Gasteiger partial charge in [-0.1, -0.05) is 18.2 Å².